The van der Waals surface area contributed by atoms with Gasteiger partial charge in [-0.3, -0.25) is 9.59 Å². The highest BCUT2D eigenvalue weighted by molar-refractivity contribution is 6.46. The van der Waals surface area contributed by atoms with Crippen molar-refractivity contribution >= 4 is 17.4 Å². The van der Waals surface area contributed by atoms with Gasteiger partial charge in [0.1, 0.15) is 29.6 Å². The van der Waals surface area contributed by atoms with Crippen molar-refractivity contribution in [3.8, 4) is 17.2 Å². The summed E-state index contributed by atoms with van der Waals surface area (Å²) in [5.74, 6) is 0.378. The number of hydrogen-bond acceptors (Lipinski definition) is 6. The molecule has 3 aromatic rings. The number of nitrogens with zero attached hydrogens (tertiary/aromatic N) is 1. The number of aliphatic hydroxyl groups excluding tert-OH is 1. The molecule has 1 aliphatic heterocycles. The minimum absolute atomic E-state index is 0.0341. The highest BCUT2D eigenvalue weighted by Gasteiger charge is 2.51. The van der Waals surface area contributed by atoms with E-state index in [1.807, 2.05) is 42.5 Å². The van der Waals surface area contributed by atoms with Crippen LogP contribution in [0.15, 0.2) is 78.4 Å². The fraction of sp³-hybridized carbons (Fsp3) is 0.241. The van der Waals surface area contributed by atoms with Gasteiger partial charge in [-0.25, -0.2) is 0 Å². The van der Waals surface area contributed by atoms with Crippen LogP contribution < -0.4 is 14.2 Å². The van der Waals surface area contributed by atoms with E-state index in [-0.39, 0.29) is 24.0 Å². The lowest BCUT2D eigenvalue weighted by Crippen LogP contribution is -2.31. The first kappa shape index (κ1) is 23.5. The van der Waals surface area contributed by atoms with Crippen LogP contribution in [0.5, 0.6) is 17.2 Å². The van der Waals surface area contributed by atoms with E-state index in [0.29, 0.717) is 28.4 Å². The highest BCUT2D eigenvalue weighted by Crippen LogP contribution is 2.46. The third-order valence-electron chi connectivity index (χ3n) is 6.52. The summed E-state index contributed by atoms with van der Waals surface area (Å²) in [6.07, 6.45) is 1.64. The summed E-state index contributed by atoms with van der Waals surface area (Å²) in [5.41, 5.74) is 1.95. The molecule has 7 nitrogen and oxygen atoms in total. The predicted molar refractivity (Wildman–Crippen MR) is 134 cm³/mol. The Labute approximate surface area is 209 Å². The van der Waals surface area contributed by atoms with Crippen LogP contribution in [0.4, 0.5) is 0 Å². The van der Waals surface area contributed by atoms with Crippen molar-refractivity contribution < 1.29 is 28.9 Å². The van der Waals surface area contributed by atoms with E-state index in [9.17, 15) is 14.7 Å². The number of para-hydroxylation sites is 1. The molecule has 2 fully saturated rings. The molecule has 1 amide bonds. The largest absolute Gasteiger partial charge is 0.507 e. The Balaban J connectivity index is 1.58. The Morgan fingerprint density at radius 2 is 1.67 bits per heavy atom. The van der Waals surface area contributed by atoms with Gasteiger partial charge >= 0.3 is 0 Å². The summed E-state index contributed by atoms with van der Waals surface area (Å²) >= 11 is 0. The molecule has 1 saturated carbocycles. The average molecular weight is 486 g/mol. The standard InChI is InChI=1S/C29H27NO6/c1-34-23-10-6-7-19(16-23)27(31)25-26(30(21-12-13-21)29(33)28(25)32)18-11-14-24(35-2)20(15-18)17-36-22-8-4-3-5-9-22/h3-11,14-16,21,26,31H,12-13,17H2,1-2H3. The monoisotopic (exact) mass is 485 g/mol. The number of ketones is 1. The minimum Gasteiger partial charge on any atom is -0.507 e. The molecule has 0 bridgehead atoms. The second-order valence-corrected chi connectivity index (χ2v) is 8.84. The molecular formula is C29H27NO6. The zero-order valence-electron chi connectivity index (χ0n) is 20.1. The zero-order chi connectivity index (χ0) is 25.2. The van der Waals surface area contributed by atoms with Gasteiger partial charge in [0, 0.05) is 17.2 Å². The number of likely N-dealkylation sites (tertiary alicyclic amines) is 1. The van der Waals surface area contributed by atoms with Crippen LogP contribution in [-0.2, 0) is 16.2 Å². The van der Waals surface area contributed by atoms with Crippen LogP contribution in [-0.4, -0.2) is 42.0 Å². The number of amides is 1. The lowest BCUT2D eigenvalue weighted by molar-refractivity contribution is -0.140. The number of hydrogen-bond donors (Lipinski definition) is 1. The quantitative estimate of drug-likeness (QED) is 0.278. The zero-order valence-corrected chi connectivity index (χ0v) is 20.1. The van der Waals surface area contributed by atoms with Crippen molar-refractivity contribution in [3.63, 3.8) is 0 Å². The number of carbonyl (C=O) groups is 2. The number of aliphatic hydroxyl groups is 1. The molecule has 0 radical (unpaired) electrons. The highest BCUT2D eigenvalue weighted by atomic mass is 16.5. The fourth-order valence-corrected chi connectivity index (χ4v) is 4.59. The molecule has 184 valence electrons. The Hall–Kier alpha value is -4.26. The van der Waals surface area contributed by atoms with E-state index in [0.717, 1.165) is 18.4 Å². The summed E-state index contributed by atoms with van der Waals surface area (Å²) in [7, 11) is 3.11. The molecule has 1 unspecified atom stereocenters. The van der Waals surface area contributed by atoms with Crippen molar-refractivity contribution in [1.29, 1.82) is 0 Å². The number of rotatable bonds is 8. The second kappa shape index (κ2) is 9.77. The van der Waals surface area contributed by atoms with Crippen molar-refractivity contribution in [2.45, 2.75) is 31.5 Å². The number of ether oxygens (including phenoxy) is 3. The number of carbonyl (C=O) groups excluding carboxylic acids is 2. The first-order chi connectivity index (χ1) is 17.5. The van der Waals surface area contributed by atoms with Crippen molar-refractivity contribution in [2.24, 2.45) is 0 Å². The van der Waals surface area contributed by atoms with Crippen LogP contribution in [0.2, 0.25) is 0 Å². The van der Waals surface area contributed by atoms with Crippen LogP contribution >= 0.6 is 0 Å². The number of Topliss-reactive ketones (excluding diaryl/α,β-unsaturated/α-hetero) is 1. The van der Waals surface area contributed by atoms with Gasteiger partial charge in [-0.15, -0.1) is 0 Å². The average Bonchev–Trinajstić information content (AvgIpc) is 3.73. The molecule has 1 heterocycles. The maximum absolute atomic E-state index is 13.2. The lowest BCUT2D eigenvalue weighted by atomic mass is 9.94. The van der Waals surface area contributed by atoms with Crippen molar-refractivity contribution in [2.75, 3.05) is 14.2 Å². The second-order valence-electron chi connectivity index (χ2n) is 8.84. The molecule has 36 heavy (non-hydrogen) atoms. The third kappa shape index (κ3) is 4.40. The molecule has 1 saturated heterocycles. The smallest absolute Gasteiger partial charge is 0.295 e. The molecule has 3 aromatic carbocycles. The molecule has 1 N–H and O–H groups in total. The summed E-state index contributed by atoms with van der Waals surface area (Å²) in [6, 6.07) is 21.0. The SMILES string of the molecule is COc1cccc(C(O)=C2C(=O)C(=O)N(C3CC3)C2c2ccc(OC)c(COc3ccccc3)c2)c1. The van der Waals surface area contributed by atoms with Gasteiger partial charge in [0.2, 0.25) is 0 Å². The lowest BCUT2D eigenvalue weighted by Gasteiger charge is -2.26. The third-order valence-corrected chi connectivity index (χ3v) is 6.52. The number of benzene rings is 3. The van der Waals surface area contributed by atoms with Crippen LogP contribution in [0.1, 0.15) is 35.6 Å². The Morgan fingerprint density at radius 3 is 2.36 bits per heavy atom. The van der Waals surface area contributed by atoms with Gasteiger partial charge in [-0.1, -0.05) is 36.4 Å². The van der Waals surface area contributed by atoms with Crippen LogP contribution in [0.3, 0.4) is 0 Å². The van der Waals surface area contributed by atoms with E-state index in [2.05, 4.69) is 0 Å². The van der Waals surface area contributed by atoms with Gasteiger partial charge in [-0.2, -0.15) is 0 Å². The number of methoxy groups -OCH3 is 2. The fourth-order valence-electron chi connectivity index (χ4n) is 4.59. The molecular weight excluding hydrogens is 458 g/mol. The van der Waals surface area contributed by atoms with Gasteiger partial charge < -0.3 is 24.2 Å². The predicted octanol–water partition coefficient (Wildman–Crippen LogP) is 4.87. The van der Waals surface area contributed by atoms with Crippen LogP contribution in [0, 0.1) is 0 Å². The normalized spacial score (nSPS) is 18.8. The topological polar surface area (TPSA) is 85.3 Å². The van der Waals surface area contributed by atoms with Crippen molar-refractivity contribution in [1.82, 2.24) is 4.90 Å². The molecule has 7 heteroatoms. The summed E-state index contributed by atoms with van der Waals surface area (Å²) in [5, 5.41) is 11.3. The van der Waals surface area contributed by atoms with Gasteiger partial charge in [-0.05, 0) is 54.8 Å². The maximum Gasteiger partial charge on any atom is 0.295 e. The molecule has 1 atom stereocenters. The van der Waals surface area contributed by atoms with Gasteiger partial charge in [0.15, 0.2) is 0 Å². The molecule has 1 aliphatic carbocycles. The van der Waals surface area contributed by atoms with Gasteiger partial charge in [0.05, 0.1) is 25.8 Å². The van der Waals surface area contributed by atoms with E-state index in [1.54, 1.807) is 42.3 Å². The minimum atomic E-state index is -0.718. The maximum atomic E-state index is 13.2. The molecule has 2 aliphatic rings. The molecule has 5 rings (SSSR count). The summed E-state index contributed by atoms with van der Waals surface area (Å²) in [4.78, 5) is 28.0. The van der Waals surface area contributed by atoms with Crippen molar-refractivity contribution in [3.05, 3.63) is 95.1 Å². The Bertz CT molecular complexity index is 1330. The van der Waals surface area contributed by atoms with Crippen LogP contribution in [0.25, 0.3) is 5.76 Å². The summed E-state index contributed by atoms with van der Waals surface area (Å²) < 4.78 is 16.8. The van der Waals surface area contributed by atoms with Gasteiger partial charge in [0.25, 0.3) is 11.7 Å². The Kier molecular flexibility index (Phi) is 6.38. The van der Waals surface area contributed by atoms with E-state index in [1.165, 1.54) is 7.11 Å². The Morgan fingerprint density at radius 1 is 0.917 bits per heavy atom. The van der Waals surface area contributed by atoms with E-state index < -0.39 is 17.7 Å². The summed E-state index contributed by atoms with van der Waals surface area (Å²) in [6.45, 7) is 0.236. The molecule has 0 spiro atoms. The first-order valence-electron chi connectivity index (χ1n) is 11.8. The van der Waals surface area contributed by atoms with E-state index >= 15 is 0 Å². The molecule has 0 aromatic heterocycles. The van der Waals surface area contributed by atoms with E-state index in [4.69, 9.17) is 14.2 Å². The first-order valence-corrected chi connectivity index (χ1v) is 11.8.